The van der Waals surface area contributed by atoms with Crippen molar-refractivity contribution in [3.63, 3.8) is 0 Å². The molecule has 0 aromatic carbocycles. The number of hydrogen-bond acceptors (Lipinski definition) is 3. The first-order valence-corrected chi connectivity index (χ1v) is 4.98. The van der Waals surface area contributed by atoms with Gasteiger partial charge in [0.15, 0.2) is 0 Å². The van der Waals surface area contributed by atoms with E-state index in [4.69, 9.17) is 0 Å². The Morgan fingerprint density at radius 3 is 3.13 bits per heavy atom. The second kappa shape index (κ2) is 4.59. The summed E-state index contributed by atoms with van der Waals surface area (Å²) in [5.74, 6) is 0.925. The fraction of sp³-hybridized carbons (Fsp3) is 0.273. The number of aromatic nitrogens is 3. The monoisotopic (exact) mass is 202 g/mol. The Bertz CT molecular complexity index is 408. The van der Waals surface area contributed by atoms with Crippen LogP contribution in [-0.4, -0.2) is 21.5 Å². The summed E-state index contributed by atoms with van der Waals surface area (Å²) in [6, 6.07) is 4.02. The molecule has 0 aliphatic heterocycles. The van der Waals surface area contributed by atoms with Gasteiger partial charge < -0.3 is 10.3 Å². The number of anilines is 1. The van der Waals surface area contributed by atoms with Crippen LogP contribution < -0.4 is 5.32 Å². The second-order valence-electron chi connectivity index (χ2n) is 3.47. The molecule has 4 heteroatoms. The lowest BCUT2D eigenvalue weighted by Crippen LogP contribution is -2.06. The maximum Gasteiger partial charge on any atom is 0.126 e. The Kier molecular flexibility index (Phi) is 2.97. The number of rotatable bonds is 4. The molecule has 0 saturated carbocycles. The standard InChI is InChI=1S/C11H14N4/c1-9-2-4-13-11(6-9)14-5-3-10-7-12-8-15-10/h2,4,6-8H,3,5H2,1H3,(H,12,15)(H,13,14). The number of hydrogen-bond donors (Lipinski definition) is 2. The molecule has 0 aliphatic carbocycles. The van der Waals surface area contributed by atoms with Gasteiger partial charge in [-0.15, -0.1) is 0 Å². The van der Waals surface area contributed by atoms with Gasteiger partial charge in [0.2, 0.25) is 0 Å². The van der Waals surface area contributed by atoms with Crippen LogP contribution in [0, 0.1) is 6.92 Å². The largest absolute Gasteiger partial charge is 0.370 e. The number of H-pyrrole nitrogens is 1. The molecule has 2 rings (SSSR count). The molecule has 0 aliphatic rings. The van der Waals surface area contributed by atoms with Crippen LogP contribution in [0.25, 0.3) is 0 Å². The van der Waals surface area contributed by atoms with Gasteiger partial charge in [0.05, 0.1) is 6.33 Å². The summed E-state index contributed by atoms with van der Waals surface area (Å²) in [4.78, 5) is 11.2. The van der Waals surface area contributed by atoms with Crippen molar-refractivity contribution in [3.05, 3.63) is 42.1 Å². The van der Waals surface area contributed by atoms with E-state index in [2.05, 4.69) is 27.2 Å². The van der Waals surface area contributed by atoms with Crippen LogP contribution in [-0.2, 0) is 6.42 Å². The molecule has 0 spiro atoms. The molecule has 0 amide bonds. The lowest BCUT2D eigenvalue weighted by atomic mass is 10.3. The fourth-order valence-electron chi connectivity index (χ4n) is 1.38. The van der Waals surface area contributed by atoms with Crippen molar-refractivity contribution in [1.29, 1.82) is 0 Å². The first-order valence-electron chi connectivity index (χ1n) is 4.98. The molecule has 2 N–H and O–H groups in total. The molecule has 4 nitrogen and oxygen atoms in total. The van der Waals surface area contributed by atoms with Gasteiger partial charge in [-0.1, -0.05) is 0 Å². The van der Waals surface area contributed by atoms with E-state index in [9.17, 15) is 0 Å². The van der Waals surface area contributed by atoms with E-state index in [1.807, 2.05) is 24.5 Å². The Hall–Kier alpha value is -1.84. The zero-order valence-corrected chi connectivity index (χ0v) is 8.70. The Morgan fingerprint density at radius 1 is 1.47 bits per heavy atom. The van der Waals surface area contributed by atoms with E-state index >= 15 is 0 Å². The minimum atomic E-state index is 0.860. The maximum absolute atomic E-state index is 4.22. The van der Waals surface area contributed by atoms with E-state index in [0.29, 0.717) is 0 Å². The number of aromatic amines is 1. The van der Waals surface area contributed by atoms with Crippen LogP contribution in [0.4, 0.5) is 5.82 Å². The summed E-state index contributed by atoms with van der Waals surface area (Å²) in [7, 11) is 0. The average molecular weight is 202 g/mol. The second-order valence-corrected chi connectivity index (χ2v) is 3.47. The number of aryl methyl sites for hydroxylation is 1. The van der Waals surface area contributed by atoms with E-state index in [1.165, 1.54) is 5.56 Å². The van der Waals surface area contributed by atoms with Crippen molar-refractivity contribution in [2.24, 2.45) is 0 Å². The molecule has 0 fully saturated rings. The molecule has 2 aromatic heterocycles. The van der Waals surface area contributed by atoms with E-state index < -0.39 is 0 Å². The van der Waals surface area contributed by atoms with Crippen LogP contribution in [0.3, 0.4) is 0 Å². The lowest BCUT2D eigenvalue weighted by Gasteiger charge is -2.04. The molecular weight excluding hydrogens is 188 g/mol. The van der Waals surface area contributed by atoms with Gasteiger partial charge in [-0.3, -0.25) is 0 Å². The van der Waals surface area contributed by atoms with Gasteiger partial charge in [-0.25, -0.2) is 9.97 Å². The maximum atomic E-state index is 4.22. The van der Waals surface area contributed by atoms with Crippen molar-refractivity contribution in [3.8, 4) is 0 Å². The highest BCUT2D eigenvalue weighted by molar-refractivity contribution is 5.36. The Balaban J connectivity index is 1.83. The Morgan fingerprint density at radius 2 is 2.40 bits per heavy atom. The van der Waals surface area contributed by atoms with E-state index in [-0.39, 0.29) is 0 Å². The summed E-state index contributed by atoms with van der Waals surface area (Å²) in [6.07, 6.45) is 6.27. The summed E-state index contributed by atoms with van der Waals surface area (Å²) >= 11 is 0. The quantitative estimate of drug-likeness (QED) is 0.794. The minimum absolute atomic E-state index is 0.860. The molecule has 0 unspecified atom stereocenters. The summed E-state index contributed by atoms with van der Waals surface area (Å²) < 4.78 is 0. The van der Waals surface area contributed by atoms with Gasteiger partial charge in [-0.2, -0.15) is 0 Å². The first-order chi connectivity index (χ1) is 7.34. The molecule has 0 bridgehead atoms. The van der Waals surface area contributed by atoms with E-state index in [1.54, 1.807) is 6.33 Å². The first kappa shape index (κ1) is 9.71. The normalized spacial score (nSPS) is 10.2. The van der Waals surface area contributed by atoms with E-state index in [0.717, 1.165) is 24.5 Å². The van der Waals surface area contributed by atoms with Gasteiger partial charge >= 0.3 is 0 Å². The third-order valence-corrected chi connectivity index (χ3v) is 2.17. The third kappa shape index (κ3) is 2.80. The molecule has 2 aromatic rings. The molecule has 2 heterocycles. The van der Waals surface area contributed by atoms with Crippen LogP contribution in [0.1, 0.15) is 11.3 Å². The number of nitrogens with zero attached hydrogens (tertiary/aromatic N) is 2. The van der Waals surface area contributed by atoms with Crippen LogP contribution in [0.5, 0.6) is 0 Å². The molecule has 0 radical (unpaired) electrons. The van der Waals surface area contributed by atoms with Crippen LogP contribution in [0.15, 0.2) is 30.9 Å². The van der Waals surface area contributed by atoms with Crippen LogP contribution in [0.2, 0.25) is 0 Å². The molecule has 0 saturated heterocycles. The van der Waals surface area contributed by atoms with Crippen molar-refractivity contribution >= 4 is 5.82 Å². The SMILES string of the molecule is Cc1ccnc(NCCc2cnc[nH]2)c1. The predicted octanol–water partition coefficient (Wildman–Crippen LogP) is 1.77. The topological polar surface area (TPSA) is 53.6 Å². The van der Waals surface area contributed by atoms with Gasteiger partial charge in [0.1, 0.15) is 5.82 Å². The highest BCUT2D eigenvalue weighted by Crippen LogP contribution is 2.05. The zero-order valence-electron chi connectivity index (χ0n) is 8.70. The zero-order chi connectivity index (χ0) is 10.5. The average Bonchev–Trinajstić information content (AvgIpc) is 2.71. The molecular formula is C11H14N4. The minimum Gasteiger partial charge on any atom is -0.370 e. The van der Waals surface area contributed by atoms with Crippen molar-refractivity contribution in [2.45, 2.75) is 13.3 Å². The summed E-state index contributed by atoms with van der Waals surface area (Å²) in [5.41, 5.74) is 2.35. The summed E-state index contributed by atoms with van der Waals surface area (Å²) in [6.45, 7) is 2.92. The predicted molar refractivity (Wildman–Crippen MR) is 59.8 cm³/mol. The highest BCUT2D eigenvalue weighted by Gasteiger charge is 1.95. The molecule has 78 valence electrons. The number of nitrogens with one attached hydrogen (secondary N) is 2. The number of pyridine rings is 1. The third-order valence-electron chi connectivity index (χ3n) is 2.17. The van der Waals surface area contributed by atoms with Crippen molar-refractivity contribution < 1.29 is 0 Å². The molecule has 0 atom stereocenters. The van der Waals surface area contributed by atoms with Gasteiger partial charge in [-0.05, 0) is 24.6 Å². The molecule has 15 heavy (non-hydrogen) atoms. The van der Waals surface area contributed by atoms with Gasteiger partial charge in [0.25, 0.3) is 0 Å². The summed E-state index contributed by atoms with van der Waals surface area (Å²) in [5, 5.41) is 3.26. The van der Waals surface area contributed by atoms with Crippen LogP contribution >= 0.6 is 0 Å². The highest BCUT2D eigenvalue weighted by atomic mass is 15.0. The fourth-order valence-corrected chi connectivity index (χ4v) is 1.38. The Labute approximate surface area is 88.8 Å². The van der Waals surface area contributed by atoms with Crippen molar-refractivity contribution in [1.82, 2.24) is 15.0 Å². The lowest BCUT2D eigenvalue weighted by molar-refractivity contribution is 0.967. The number of imidazole rings is 1. The van der Waals surface area contributed by atoms with Crippen molar-refractivity contribution in [2.75, 3.05) is 11.9 Å². The van der Waals surface area contributed by atoms with Gasteiger partial charge in [0, 0.05) is 31.1 Å². The smallest absolute Gasteiger partial charge is 0.126 e.